The Kier molecular flexibility index (Phi) is 5.67. The number of hydrogen-bond donors (Lipinski definition) is 1. The average Bonchev–Trinajstić information content (AvgIpc) is 3.01. The first-order chi connectivity index (χ1) is 14.8. The van der Waals surface area contributed by atoms with Crippen LogP contribution in [-0.4, -0.2) is 28.7 Å². The fourth-order valence-electron chi connectivity index (χ4n) is 3.21. The third-order valence-corrected chi connectivity index (χ3v) is 5.37. The van der Waals surface area contributed by atoms with Gasteiger partial charge < -0.3 is 10.1 Å². The second-order valence-corrected chi connectivity index (χ2v) is 7.74. The molecular formula is C23H16Cl2N2O4. The van der Waals surface area contributed by atoms with E-state index in [0.29, 0.717) is 38.4 Å². The average molecular weight is 455 g/mol. The number of halogens is 2. The van der Waals surface area contributed by atoms with E-state index in [9.17, 15) is 14.4 Å². The predicted octanol–water partition coefficient (Wildman–Crippen LogP) is 5.41. The molecule has 0 unspecified atom stereocenters. The second-order valence-electron chi connectivity index (χ2n) is 6.89. The maximum absolute atomic E-state index is 12.7. The summed E-state index contributed by atoms with van der Waals surface area (Å²) < 4.78 is 5.72. The SMILES string of the molecule is C[C@H](C(=O)Nc1ccc(Oc2ccc(Cl)cc2Cl)cc1)N1C(=O)c2ccccc2C1=O. The van der Waals surface area contributed by atoms with Gasteiger partial charge in [-0.2, -0.15) is 0 Å². The van der Waals surface area contributed by atoms with Gasteiger partial charge in [0, 0.05) is 10.7 Å². The van der Waals surface area contributed by atoms with Crippen molar-refractivity contribution in [3.8, 4) is 11.5 Å². The highest BCUT2D eigenvalue weighted by atomic mass is 35.5. The van der Waals surface area contributed by atoms with Crippen molar-refractivity contribution in [3.05, 3.63) is 87.9 Å². The normalized spacial score (nSPS) is 13.7. The van der Waals surface area contributed by atoms with Crippen LogP contribution in [0.25, 0.3) is 0 Å². The van der Waals surface area contributed by atoms with Crippen molar-refractivity contribution in [1.29, 1.82) is 0 Å². The van der Waals surface area contributed by atoms with Crippen molar-refractivity contribution in [3.63, 3.8) is 0 Å². The van der Waals surface area contributed by atoms with Crippen LogP contribution in [0, 0.1) is 0 Å². The van der Waals surface area contributed by atoms with Crippen LogP contribution in [-0.2, 0) is 4.79 Å². The highest BCUT2D eigenvalue weighted by Gasteiger charge is 2.40. The third kappa shape index (κ3) is 4.13. The molecule has 3 aromatic rings. The van der Waals surface area contributed by atoms with Crippen LogP contribution in [0.2, 0.25) is 10.0 Å². The van der Waals surface area contributed by atoms with E-state index in [-0.39, 0.29) is 0 Å². The lowest BCUT2D eigenvalue weighted by Gasteiger charge is -2.21. The first-order valence-electron chi connectivity index (χ1n) is 9.36. The number of benzene rings is 3. The summed E-state index contributed by atoms with van der Waals surface area (Å²) in [6.07, 6.45) is 0. The van der Waals surface area contributed by atoms with Gasteiger partial charge in [0.1, 0.15) is 17.5 Å². The van der Waals surface area contributed by atoms with Crippen LogP contribution >= 0.6 is 23.2 Å². The number of nitrogens with one attached hydrogen (secondary N) is 1. The number of amides is 3. The Hall–Kier alpha value is -3.35. The summed E-state index contributed by atoms with van der Waals surface area (Å²) in [6, 6.07) is 17.0. The molecule has 156 valence electrons. The number of carbonyl (C=O) groups excluding carboxylic acids is 3. The number of rotatable bonds is 5. The molecule has 6 nitrogen and oxygen atoms in total. The minimum absolute atomic E-state index is 0.300. The van der Waals surface area contributed by atoms with Gasteiger partial charge in [0.15, 0.2) is 0 Å². The lowest BCUT2D eigenvalue weighted by atomic mass is 10.1. The lowest BCUT2D eigenvalue weighted by Crippen LogP contribution is -2.45. The standard InChI is InChI=1S/C23H16Cl2N2O4/c1-13(27-22(29)17-4-2-3-5-18(17)23(27)30)21(28)26-15-7-9-16(10-8-15)31-20-11-6-14(24)12-19(20)25/h2-13H,1H3,(H,26,28)/t13-/m1/s1. The molecule has 0 radical (unpaired) electrons. The van der Waals surface area contributed by atoms with Crippen LogP contribution in [0.4, 0.5) is 5.69 Å². The van der Waals surface area contributed by atoms with Gasteiger partial charge in [0.05, 0.1) is 16.1 Å². The predicted molar refractivity (Wildman–Crippen MR) is 118 cm³/mol. The van der Waals surface area contributed by atoms with E-state index in [0.717, 1.165) is 4.90 Å². The zero-order valence-electron chi connectivity index (χ0n) is 16.3. The van der Waals surface area contributed by atoms with Crippen LogP contribution in [0.5, 0.6) is 11.5 Å². The molecule has 0 aliphatic carbocycles. The van der Waals surface area contributed by atoms with Crippen molar-refractivity contribution in [2.24, 2.45) is 0 Å². The van der Waals surface area contributed by atoms with E-state index < -0.39 is 23.8 Å². The quantitative estimate of drug-likeness (QED) is 0.522. The smallest absolute Gasteiger partial charge is 0.262 e. The molecular weight excluding hydrogens is 439 g/mol. The number of nitrogens with zero attached hydrogens (tertiary/aromatic N) is 1. The third-order valence-electron chi connectivity index (χ3n) is 4.84. The van der Waals surface area contributed by atoms with E-state index in [1.807, 2.05) is 0 Å². The summed E-state index contributed by atoms with van der Waals surface area (Å²) in [5.74, 6) is -0.486. The largest absolute Gasteiger partial charge is 0.456 e. The summed E-state index contributed by atoms with van der Waals surface area (Å²) in [5.41, 5.74) is 1.09. The molecule has 0 aromatic heterocycles. The number of hydrogen-bond acceptors (Lipinski definition) is 4. The molecule has 31 heavy (non-hydrogen) atoms. The Morgan fingerprint density at radius 2 is 1.55 bits per heavy atom. The zero-order chi connectivity index (χ0) is 22.1. The number of anilines is 1. The van der Waals surface area contributed by atoms with E-state index in [1.165, 1.54) is 6.92 Å². The lowest BCUT2D eigenvalue weighted by molar-refractivity contribution is -0.119. The van der Waals surface area contributed by atoms with E-state index >= 15 is 0 Å². The molecule has 3 amide bonds. The minimum atomic E-state index is -0.976. The minimum Gasteiger partial charge on any atom is -0.456 e. The van der Waals surface area contributed by atoms with Gasteiger partial charge in [0.25, 0.3) is 11.8 Å². The Morgan fingerprint density at radius 1 is 0.935 bits per heavy atom. The molecule has 4 rings (SSSR count). The number of imide groups is 1. The van der Waals surface area contributed by atoms with E-state index in [4.69, 9.17) is 27.9 Å². The maximum Gasteiger partial charge on any atom is 0.262 e. The Morgan fingerprint density at radius 3 is 2.13 bits per heavy atom. The molecule has 1 aliphatic heterocycles. The van der Waals surface area contributed by atoms with E-state index in [2.05, 4.69) is 5.32 Å². The highest BCUT2D eigenvalue weighted by molar-refractivity contribution is 6.35. The van der Waals surface area contributed by atoms with Gasteiger partial charge in [-0.25, -0.2) is 0 Å². The number of carbonyl (C=O) groups is 3. The van der Waals surface area contributed by atoms with E-state index in [1.54, 1.807) is 66.7 Å². The molecule has 0 fully saturated rings. The van der Waals surface area contributed by atoms with Crippen molar-refractivity contribution in [2.75, 3.05) is 5.32 Å². The van der Waals surface area contributed by atoms with Gasteiger partial charge in [0.2, 0.25) is 5.91 Å². The van der Waals surface area contributed by atoms with Gasteiger partial charge in [-0.3, -0.25) is 19.3 Å². The van der Waals surface area contributed by atoms with Crippen LogP contribution in [0.15, 0.2) is 66.7 Å². The van der Waals surface area contributed by atoms with Crippen molar-refractivity contribution < 1.29 is 19.1 Å². The fraction of sp³-hybridized carbons (Fsp3) is 0.0870. The number of ether oxygens (including phenoxy) is 1. The Bertz CT molecular complexity index is 1160. The number of fused-ring (bicyclic) bond motifs is 1. The molecule has 0 saturated carbocycles. The summed E-state index contributed by atoms with van der Waals surface area (Å²) in [4.78, 5) is 38.8. The van der Waals surface area contributed by atoms with Gasteiger partial charge in [-0.15, -0.1) is 0 Å². The molecule has 1 heterocycles. The molecule has 1 aliphatic rings. The van der Waals surface area contributed by atoms with Crippen LogP contribution in [0.3, 0.4) is 0 Å². The van der Waals surface area contributed by atoms with Crippen molar-refractivity contribution in [2.45, 2.75) is 13.0 Å². The molecule has 1 N–H and O–H groups in total. The van der Waals surface area contributed by atoms with Crippen LogP contribution < -0.4 is 10.1 Å². The van der Waals surface area contributed by atoms with Crippen molar-refractivity contribution in [1.82, 2.24) is 4.90 Å². The van der Waals surface area contributed by atoms with Gasteiger partial charge >= 0.3 is 0 Å². The van der Waals surface area contributed by atoms with Gasteiger partial charge in [-0.1, -0.05) is 35.3 Å². The maximum atomic E-state index is 12.7. The highest BCUT2D eigenvalue weighted by Crippen LogP contribution is 2.32. The summed E-state index contributed by atoms with van der Waals surface area (Å²) in [5, 5.41) is 3.59. The molecule has 8 heteroatoms. The van der Waals surface area contributed by atoms with Gasteiger partial charge in [-0.05, 0) is 61.5 Å². The first-order valence-corrected chi connectivity index (χ1v) is 10.1. The second kappa shape index (κ2) is 8.41. The molecule has 0 saturated heterocycles. The molecule has 3 aromatic carbocycles. The van der Waals surface area contributed by atoms with Crippen molar-refractivity contribution >= 4 is 46.6 Å². The summed E-state index contributed by atoms with van der Waals surface area (Å²) in [7, 11) is 0. The van der Waals surface area contributed by atoms with Crippen LogP contribution in [0.1, 0.15) is 27.6 Å². The summed E-state index contributed by atoms with van der Waals surface area (Å²) in [6.45, 7) is 1.51. The monoisotopic (exact) mass is 454 g/mol. The molecule has 1 atom stereocenters. The fourth-order valence-corrected chi connectivity index (χ4v) is 3.66. The molecule has 0 spiro atoms. The first kappa shape index (κ1) is 20.9. The zero-order valence-corrected chi connectivity index (χ0v) is 17.8. The Labute approximate surface area is 188 Å². The topological polar surface area (TPSA) is 75.7 Å². The summed E-state index contributed by atoms with van der Waals surface area (Å²) >= 11 is 12.0. The molecule has 0 bridgehead atoms. The Balaban J connectivity index is 1.43.